The molecule has 4 heteroatoms. The largest absolute Gasteiger partial charge is 0.378 e. The average Bonchev–Trinajstić information content (AvgIpc) is 2.82. The molecule has 0 aliphatic carbocycles. The van der Waals surface area contributed by atoms with Gasteiger partial charge in [0.2, 0.25) is 5.91 Å². The monoisotopic (exact) mass is 246 g/mol. The summed E-state index contributed by atoms with van der Waals surface area (Å²) in [4.78, 5) is 18.6. The predicted octanol–water partition coefficient (Wildman–Crippen LogP) is 1.79. The van der Waals surface area contributed by atoms with Crippen LogP contribution in [0.3, 0.4) is 0 Å². The van der Waals surface area contributed by atoms with Crippen molar-refractivity contribution in [3.8, 4) is 0 Å². The van der Waals surface area contributed by atoms with Crippen LogP contribution in [-0.4, -0.2) is 30.1 Å². The van der Waals surface area contributed by atoms with Gasteiger partial charge in [-0.15, -0.1) is 0 Å². The number of anilines is 1. The Morgan fingerprint density at radius 1 is 1.56 bits per heavy atom. The van der Waals surface area contributed by atoms with Crippen LogP contribution in [0.4, 0.5) is 5.69 Å². The molecule has 0 spiro atoms. The quantitative estimate of drug-likeness (QED) is 0.758. The minimum absolute atomic E-state index is 0.0119. The molecule has 1 amide bonds. The zero-order valence-corrected chi connectivity index (χ0v) is 10.6. The first-order valence-electron chi connectivity index (χ1n) is 6.63. The molecule has 0 bridgehead atoms. The number of nitrogens with zero attached hydrogens (tertiary/aromatic N) is 2. The van der Waals surface area contributed by atoms with E-state index in [1.807, 2.05) is 24.1 Å². The molecule has 0 saturated carbocycles. The molecular formula is C14H18N2O2. The van der Waals surface area contributed by atoms with Gasteiger partial charge in [0.15, 0.2) is 0 Å². The van der Waals surface area contributed by atoms with Crippen molar-refractivity contribution < 1.29 is 9.53 Å². The van der Waals surface area contributed by atoms with Crippen molar-refractivity contribution in [1.82, 2.24) is 4.98 Å². The third-order valence-corrected chi connectivity index (χ3v) is 3.96. The SMILES string of the molecule is CC1OCCCC1C(=O)N1CCc2cnccc21. The first kappa shape index (κ1) is 11.7. The molecule has 96 valence electrons. The van der Waals surface area contributed by atoms with Crippen molar-refractivity contribution in [2.24, 2.45) is 5.92 Å². The maximum atomic E-state index is 12.6. The molecule has 0 N–H and O–H groups in total. The van der Waals surface area contributed by atoms with E-state index in [1.165, 1.54) is 5.56 Å². The van der Waals surface area contributed by atoms with E-state index in [0.717, 1.165) is 38.1 Å². The number of hydrogen-bond acceptors (Lipinski definition) is 3. The average molecular weight is 246 g/mol. The Morgan fingerprint density at radius 3 is 3.28 bits per heavy atom. The maximum absolute atomic E-state index is 12.6. The lowest BCUT2D eigenvalue weighted by atomic mass is 9.94. The molecule has 3 rings (SSSR count). The van der Waals surface area contributed by atoms with E-state index in [4.69, 9.17) is 4.74 Å². The molecule has 2 aliphatic rings. The van der Waals surface area contributed by atoms with Crippen LogP contribution in [0.1, 0.15) is 25.3 Å². The second kappa shape index (κ2) is 4.69. The number of hydrogen-bond donors (Lipinski definition) is 0. The Hall–Kier alpha value is -1.42. The zero-order chi connectivity index (χ0) is 12.5. The summed E-state index contributed by atoms with van der Waals surface area (Å²) in [6.45, 7) is 3.57. The second-order valence-electron chi connectivity index (χ2n) is 5.07. The Kier molecular flexibility index (Phi) is 3.04. The first-order valence-corrected chi connectivity index (χ1v) is 6.63. The molecule has 1 fully saturated rings. The third kappa shape index (κ3) is 1.90. The summed E-state index contributed by atoms with van der Waals surface area (Å²) >= 11 is 0. The van der Waals surface area contributed by atoms with Gasteiger partial charge in [0, 0.05) is 31.2 Å². The highest BCUT2D eigenvalue weighted by Gasteiger charge is 2.35. The summed E-state index contributed by atoms with van der Waals surface area (Å²) < 4.78 is 5.60. The van der Waals surface area contributed by atoms with Gasteiger partial charge in [0.25, 0.3) is 0 Å². The van der Waals surface area contributed by atoms with E-state index in [9.17, 15) is 4.79 Å². The van der Waals surface area contributed by atoms with Gasteiger partial charge in [-0.3, -0.25) is 9.78 Å². The van der Waals surface area contributed by atoms with E-state index >= 15 is 0 Å². The van der Waals surface area contributed by atoms with E-state index in [0.29, 0.717) is 0 Å². The van der Waals surface area contributed by atoms with Crippen LogP contribution < -0.4 is 4.90 Å². The molecule has 18 heavy (non-hydrogen) atoms. The highest BCUT2D eigenvalue weighted by atomic mass is 16.5. The molecule has 1 saturated heterocycles. The van der Waals surface area contributed by atoms with Crippen molar-refractivity contribution in [2.45, 2.75) is 32.3 Å². The summed E-state index contributed by atoms with van der Waals surface area (Å²) in [7, 11) is 0. The summed E-state index contributed by atoms with van der Waals surface area (Å²) in [6, 6.07) is 1.94. The molecule has 4 nitrogen and oxygen atoms in total. The zero-order valence-electron chi connectivity index (χ0n) is 10.6. The summed E-state index contributed by atoms with van der Waals surface area (Å²) in [5.74, 6) is 0.227. The lowest BCUT2D eigenvalue weighted by Gasteiger charge is -2.31. The van der Waals surface area contributed by atoms with Crippen molar-refractivity contribution >= 4 is 11.6 Å². The van der Waals surface area contributed by atoms with E-state index in [2.05, 4.69) is 4.98 Å². The van der Waals surface area contributed by atoms with Gasteiger partial charge in [-0.25, -0.2) is 0 Å². The molecule has 1 aromatic heterocycles. The number of fused-ring (bicyclic) bond motifs is 1. The highest BCUT2D eigenvalue weighted by Crippen LogP contribution is 2.31. The van der Waals surface area contributed by atoms with Crippen molar-refractivity contribution in [3.63, 3.8) is 0 Å². The lowest BCUT2D eigenvalue weighted by Crippen LogP contribution is -2.42. The van der Waals surface area contributed by atoms with Gasteiger partial charge in [-0.2, -0.15) is 0 Å². The van der Waals surface area contributed by atoms with E-state index < -0.39 is 0 Å². The standard InChI is InChI=1S/C14H18N2O2/c1-10-12(3-2-8-18-10)14(17)16-7-5-11-9-15-6-4-13(11)16/h4,6,9-10,12H,2-3,5,7-8H2,1H3. The molecule has 3 heterocycles. The third-order valence-electron chi connectivity index (χ3n) is 3.96. The minimum Gasteiger partial charge on any atom is -0.378 e. The number of amides is 1. The highest BCUT2D eigenvalue weighted by molar-refractivity contribution is 5.97. The van der Waals surface area contributed by atoms with Gasteiger partial charge in [-0.1, -0.05) is 0 Å². The normalized spacial score (nSPS) is 27.1. The maximum Gasteiger partial charge on any atom is 0.232 e. The van der Waals surface area contributed by atoms with Crippen LogP contribution in [0.25, 0.3) is 0 Å². The molecule has 2 aliphatic heterocycles. The number of pyridine rings is 1. The Morgan fingerprint density at radius 2 is 2.44 bits per heavy atom. The Balaban J connectivity index is 1.82. The molecule has 1 aromatic rings. The Labute approximate surface area is 107 Å². The second-order valence-corrected chi connectivity index (χ2v) is 5.07. The Bertz CT molecular complexity index is 461. The number of ether oxygens (including phenoxy) is 1. The smallest absolute Gasteiger partial charge is 0.232 e. The van der Waals surface area contributed by atoms with Crippen molar-refractivity contribution in [2.75, 3.05) is 18.1 Å². The topological polar surface area (TPSA) is 42.4 Å². The first-order chi connectivity index (χ1) is 8.77. The van der Waals surface area contributed by atoms with Gasteiger partial charge < -0.3 is 9.64 Å². The molecule has 0 aromatic carbocycles. The minimum atomic E-state index is 0.0119. The van der Waals surface area contributed by atoms with Gasteiger partial charge >= 0.3 is 0 Å². The van der Waals surface area contributed by atoms with Crippen LogP contribution in [0.15, 0.2) is 18.5 Å². The van der Waals surface area contributed by atoms with Crippen molar-refractivity contribution in [1.29, 1.82) is 0 Å². The van der Waals surface area contributed by atoms with Crippen LogP contribution in [-0.2, 0) is 16.0 Å². The number of aromatic nitrogens is 1. The van der Waals surface area contributed by atoms with Gasteiger partial charge in [-0.05, 0) is 37.8 Å². The molecule has 2 unspecified atom stereocenters. The van der Waals surface area contributed by atoms with Crippen LogP contribution in [0.5, 0.6) is 0 Å². The summed E-state index contributed by atoms with van der Waals surface area (Å²) in [6.07, 6.45) is 6.50. The molecular weight excluding hydrogens is 228 g/mol. The van der Waals surface area contributed by atoms with E-state index in [1.54, 1.807) is 6.20 Å². The van der Waals surface area contributed by atoms with Gasteiger partial charge in [0.1, 0.15) is 0 Å². The van der Waals surface area contributed by atoms with Crippen molar-refractivity contribution in [3.05, 3.63) is 24.0 Å². The lowest BCUT2D eigenvalue weighted by molar-refractivity contribution is -0.130. The number of carbonyl (C=O) groups excluding carboxylic acids is 1. The van der Waals surface area contributed by atoms with Crippen LogP contribution in [0, 0.1) is 5.92 Å². The number of carbonyl (C=O) groups is 1. The fourth-order valence-electron chi connectivity index (χ4n) is 2.91. The summed E-state index contributed by atoms with van der Waals surface area (Å²) in [5.41, 5.74) is 2.21. The summed E-state index contributed by atoms with van der Waals surface area (Å²) in [5, 5.41) is 0. The molecule has 0 radical (unpaired) electrons. The fourth-order valence-corrected chi connectivity index (χ4v) is 2.91. The predicted molar refractivity (Wildman–Crippen MR) is 68.4 cm³/mol. The van der Waals surface area contributed by atoms with E-state index in [-0.39, 0.29) is 17.9 Å². The van der Waals surface area contributed by atoms with Crippen LogP contribution >= 0.6 is 0 Å². The molecule has 2 atom stereocenters. The fraction of sp³-hybridized carbons (Fsp3) is 0.571. The van der Waals surface area contributed by atoms with Gasteiger partial charge in [0.05, 0.1) is 12.0 Å². The van der Waals surface area contributed by atoms with Crippen LogP contribution in [0.2, 0.25) is 0 Å². The number of rotatable bonds is 1.